The molecule has 0 aromatic heterocycles. The summed E-state index contributed by atoms with van der Waals surface area (Å²) >= 11 is 0. The summed E-state index contributed by atoms with van der Waals surface area (Å²) in [7, 11) is 0. The maximum atomic E-state index is 12.4. The minimum atomic E-state index is -0.410. The number of nitrogens with zero attached hydrogens (tertiary/aromatic N) is 2. The fourth-order valence-electron chi connectivity index (χ4n) is 4.46. The van der Waals surface area contributed by atoms with Gasteiger partial charge in [0.2, 0.25) is 0 Å². The fourth-order valence-corrected chi connectivity index (χ4v) is 4.46. The molecule has 1 spiro atoms. The monoisotopic (exact) mass is 296 g/mol. The van der Waals surface area contributed by atoms with E-state index in [1.54, 1.807) is 0 Å². The summed E-state index contributed by atoms with van der Waals surface area (Å²) in [5.41, 5.74) is 1.09. The number of carbonyl (C=O) groups is 1. The summed E-state index contributed by atoms with van der Waals surface area (Å²) in [4.78, 5) is 14.8. The number of Topliss-reactive ketones (excluding diaryl/α,β-unsaturated/α-hetero) is 1. The Labute approximate surface area is 132 Å². The first-order chi connectivity index (χ1) is 10.5. The van der Waals surface area contributed by atoms with Crippen LogP contribution < -0.4 is 4.90 Å². The molecule has 1 aliphatic carbocycles. The van der Waals surface area contributed by atoms with E-state index in [4.69, 9.17) is 0 Å². The Balaban J connectivity index is 1.75. The molecule has 1 saturated heterocycles. The number of anilines is 1. The van der Waals surface area contributed by atoms with Crippen LogP contribution in [0.2, 0.25) is 0 Å². The van der Waals surface area contributed by atoms with Crippen LogP contribution in [0.3, 0.4) is 0 Å². The van der Waals surface area contributed by atoms with Crippen LogP contribution in [-0.4, -0.2) is 18.9 Å². The lowest BCUT2D eigenvalue weighted by Gasteiger charge is -2.50. The number of rotatable bonds is 1. The van der Waals surface area contributed by atoms with Crippen LogP contribution in [0.15, 0.2) is 30.3 Å². The minimum absolute atomic E-state index is 0.145. The normalized spacial score (nSPS) is 26.7. The van der Waals surface area contributed by atoms with Crippen LogP contribution in [-0.2, 0) is 4.79 Å². The molecule has 1 unspecified atom stereocenters. The summed E-state index contributed by atoms with van der Waals surface area (Å²) in [5.74, 6) is -0.266. The zero-order valence-corrected chi connectivity index (χ0v) is 13.5. The Kier molecular flexibility index (Phi) is 3.72. The van der Waals surface area contributed by atoms with Gasteiger partial charge in [0.1, 0.15) is 5.92 Å². The van der Waals surface area contributed by atoms with Gasteiger partial charge in [0.05, 0.1) is 6.07 Å². The first-order valence-corrected chi connectivity index (χ1v) is 8.20. The highest BCUT2D eigenvalue weighted by Crippen LogP contribution is 2.52. The molecule has 1 saturated carbocycles. The second-order valence-electron chi connectivity index (χ2n) is 7.63. The lowest BCUT2D eigenvalue weighted by Crippen LogP contribution is -2.49. The van der Waals surface area contributed by atoms with Crippen molar-refractivity contribution in [1.29, 1.82) is 5.26 Å². The molecule has 3 heteroatoms. The summed E-state index contributed by atoms with van der Waals surface area (Å²) in [6, 6.07) is 12.8. The number of nitriles is 1. The average Bonchev–Trinajstić information content (AvgIpc) is 2.52. The topological polar surface area (TPSA) is 44.1 Å². The molecule has 3 nitrogen and oxygen atoms in total. The van der Waals surface area contributed by atoms with Gasteiger partial charge in [0.25, 0.3) is 0 Å². The van der Waals surface area contributed by atoms with E-state index in [0.717, 1.165) is 38.8 Å². The van der Waals surface area contributed by atoms with Crippen molar-refractivity contribution >= 4 is 11.5 Å². The van der Waals surface area contributed by atoms with Crippen molar-refractivity contribution in [2.45, 2.75) is 39.5 Å². The average molecular weight is 296 g/mol. The third kappa shape index (κ3) is 2.63. The molecule has 116 valence electrons. The number of hydrogen-bond acceptors (Lipinski definition) is 3. The molecule has 1 aromatic carbocycles. The zero-order valence-electron chi connectivity index (χ0n) is 13.5. The van der Waals surface area contributed by atoms with Gasteiger partial charge >= 0.3 is 0 Å². The predicted molar refractivity (Wildman–Crippen MR) is 87.4 cm³/mol. The third-order valence-corrected chi connectivity index (χ3v) is 5.54. The van der Waals surface area contributed by atoms with Crippen molar-refractivity contribution in [3.63, 3.8) is 0 Å². The van der Waals surface area contributed by atoms with Crippen LogP contribution in [0, 0.1) is 28.1 Å². The van der Waals surface area contributed by atoms with Crippen LogP contribution in [0.4, 0.5) is 5.69 Å². The largest absolute Gasteiger partial charge is 0.371 e. The summed E-state index contributed by atoms with van der Waals surface area (Å²) in [6.07, 6.45) is 3.85. The van der Waals surface area contributed by atoms with Gasteiger partial charge in [-0.15, -0.1) is 0 Å². The maximum Gasteiger partial charge on any atom is 0.155 e. The Hall–Kier alpha value is -1.82. The van der Waals surface area contributed by atoms with E-state index in [9.17, 15) is 10.1 Å². The molecule has 0 N–H and O–H groups in total. The van der Waals surface area contributed by atoms with E-state index in [0.29, 0.717) is 0 Å². The molecule has 3 rings (SSSR count). The van der Waals surface area contributed by atoms with Gasteiger partial charge in [-0.25, -0.2) is 0 Å². The minimum Gasteiger partial charge on any atom is -0.371 e. The fraction of sp³-hybridized carbons (Fsp3) is 0.579. The number of piperidine rings is 1. The van der Waals surface area contributed by atoms with Crippen LogP contribution in [0.1, 0.15) is 39.5 Å². The van der Waals surface area contributed by atoms with Crippen LogP contribution in [0.25, 0.3) is 0 Å². The Morgan fingerprint density at radius 2 is 1.82 bits per heavy atom. The van der Waals surface area contributed by atoms with Crippen molar-refractivity contribution in [1.82, 2.24) is 0 Å². The van der Waals surface area contributed by atoms with Crippen LogP contribution in [0.5, 0.6) is 0 Å². The Bertz CT molecular complexity index is 592. The number of ketones is 1. The quantitative estimate of drug-likeness (QED) is 0.791. The van der Waals surface area contributed by atoms with E-state index in [1.807, 2.05) is 19.9 Å². The molecule has 1 atom stereocenters. The first kappa shape index (κ1) is 15.1. The van der Waals surface area contributed by atoms with E-state index in [2.05, 4.69) is 35.2 Å². The molecule has 1 heterocycles. The summed E-state index contributed by atoms with van der Waals surface area (Å²) in [5, 5.41) is 9.36. The predicted octanol–water partition coefficient (Wildman–Crippen LogP) is 3.80. The summed E-state index contributed by atoms with van der Waals surface area (Å²) in [6.45, 7) is 6.08. The second kappa shape index (κ2) is 5.43. The van der Waals surface area contributed by atoms with Gasteiger partial charge < -0.3 is 4.90 Å². The SMILES string of the molecule is CC1(C)CC2(CCN(c3ccccc3)CC2)CC(C#N)C1=O. The molecule has 1 aromatic rings. The number of hydrogen-bond donors (Lipinski definition) is 0. The van der Waals surface area contributed by atoms with Gasteiger partial charge in [0, 0.05) is 24.2 Å². The van der Waals surface area contributed by atoms with Crippen molar-refractivity contribution < 1.29 is 4.79 Å². The van der Waals surface area contributed by atoms with Crippen molar-refractivity contribution in [2.75, 3.05) is 18.0 Å². The molecule has 0 bridgehead atoms. The van der Waals surface area contributed by atoms with E-state index in [-0.39, 0.29) is 16.6 Å². The van der Waals surface area contributed by atoms with Crippen LogP contribution >= 0.6 is 0 Å². The lowest BCUT2D eigenvalue weighted by molar-refractivity contribution is -0.137. The lowest BCUT2D eigenvalue weighted by atomic mass is 9.56. The summed E-state index contributed by atoms with van der Waals surface area (Å²) < 4.78 is 0. The molecule has 2 fully saturated rings. The van der Waals surface area contributed by atoms with Gasteiger partial charge in [-0.1, -0.05) is 32.0 Å². The van der Waals surface area contributed by atoms with Gasteiger partial charge in [-0.3, -0.25) is 4.79 Å². The van der Waals surface area contributed by atoms with Gasteiger partial charge in [-0.05, 0) is 43.2 Å². The van der Waals surface area contributed by atoms with Crippen molar-refractivity contribution in [2.24, 2.45) is 16.7 Å². The van der Waals surface area contributed by atoms with E-state index < -0.39 is 5.92 Å². The highest BCUT2D eigenvalue weighted by Gasteiger charge is 2.50. The third-order valence-electron chi connectivity index (χ3n) is 5.54. The molecule has 1 aliphatic heterocycles. The Morgan fingerprint density at radius 3 is 2.41 bits per heavy atom. The number of para-hydroxylation sites is 1. The smallest absolute Gasteiger partial charge is 0.155 e. The number of benzene rings is 1. The van der Waals surface area contributed by atoms with Gasteiger partial charge in [-0.2, -0.15) is 5.26 Å². The zero-order chi connectivity index (χ0) is 15.8. The maximum absolute atomic E-state index is 12.4. The molecular weight excluding hydrogens is 272 g/mol. The highest BCUT2D eigenvalue weighted by molar-refractivity contribution is 5.89. The van der Waals surface area contributed by atoms with E-state index in [1.165, 1.54) is 5.69 Å². The van der Waals surface area contributed by atoms with E-state index >= 15 is 0 Å². The van der Waals surface area contributed by atoms with Crippen molar-refractivity contribution in [3.05, 3.63) is 30.3 Å². The first-order valence-electron chi connectivity index (χ1n) is 8.20. The number of carbonyl (C=O) groups excluding carboxylic acids is 1. The molecule has 22 heavy (non-hydrogen) atoms. The standard InChI is InChI=1S/C19H24N2O/c1-18(2)14-19(12-15(13-20)17(18)22)8-10-21(11-9-19)16-6-4-3-5-7-16/h3-7,15H,8-12,14H2,1-2H3. The Morgan fingerprint density at radius 1 is 1.18 bits per heavy atom. The second-order valence-corrected chi connectivity index (χ2v) is 7.63. The molecule has 2 aliphatic rings. The van der Waals surface area contributed by atoms with Gasteiger partial charge in [0.15, 0.2) is 5.78 Å². The molecule has 0 radical (unpaired) electrons. The molecule has 0 amide bonds. The molecular formula is C19H24N2O. The highest BCUT2D eigenvalue weighted by atomic mass is 16.1. The van der Waals surface area contributed by atoms with Crippen molar-refractivity contribution in [3.8, 4) is 6.07 Å².